The van der Waals surface area contributed by atoms with Crippen LogP contribution in [0.3, 0.4) is 0 Å². The third-order valence-electron chi connectivity index (χ3n) is 3.59. The lowest BCUT2D eigenvalue weighted by Crippen LogP contribution is -2.48. The lowest BCUT2D eigenvalue weighted by molar-refractivity contribution is -0.154. The highest BCUT2D eigenvalue weighted by atomic mass is 32.1. The van der Waals surface area contributed by atoms with Crippen LogP contribution in [0.4, 0.5) is 4.39 Å². The van der Waals surface area contributed by atoms with Crippen LogP contribution in [0.2, 0.25) is 0 Å². The molecule has 1 N–H and O–H groups in total. The molecule has 2 heterocycles. The third kappa shape index (κ3) is 3.25. The highest BCUT2D eigenvalue weighted by Gasteiger charge is 2.30. The molecule has 0 unspecified atom stereocenters. The Morgan fingerprint density at radius 2 is 2.04 bits per heavy atom. The van der Waals surface area contributed by atoms with Crippen molar-refractivity contribution in [3.63, 3.8) is 0 Å². The van der Waals surface area contributed by atoms with Gasteiger partial charge in [-0.2, -0.15) is 0 Å². The van der Waals surface area contributed by atoms with Crippen molar-refractivity contribution in [3.05, 3.63) is 47.1 Å². The number of hydrogen-bond acceptors (Lipinski definition) is 4. The maximum Gasteiger partial charge on any atom is 0.334 e. The number of morpholine rings is 1. The number of carbonyl (C=O) groups excluding carboxylic acids is 1. The predicted molar refractivity (Wildman–Crippen MR) is 83.0 cm³/mol. The second-order valence-electron chi connectivity index (χ2n) is 5.09. The number of benzene rings is 1. The maximum absolute atomic E-state index is 13.8. The van der Waals surface area contributed by atoms with E-state index in [0.29, 0.717) is 21.9 Å². The van der Waals surface area contributed by atoms with Crippen LogP contribution in [0.5, 0.6) is 0 Å². The summed E-state index contributed by atoms with van der Waals surface area (Å²) in [6, 6.07) is 9.71. The van der Waals surface area contributed by atoms with E-state index in [1.54, 1.807) is 30.3 Å². The van der Waals surface area contributed by atoms with Crippen LogP contribution in [0.25, 0.3) is 10.4 Å². The summed E-state index contributed by atoms with van der Waals surface area (Å²) in [5.74, 6) is -1.68. The Balaban J connectivity index is 1.79. The highest BCUT2D eigenvalue weighted by molar-refractivity contribution is 7.17. The topological polar surface area (TPSA) is 66.8 Å². The molecule has 1 atom stereocenters. The van der Waals surface area contributed by atoms with Crippen molar-refractivity contribution < 1.29 is 23.8 Å². The second-order valence-corrected chi connectivity index (χ2v) is 6.18. The standard InChI is InChI=1S/C16H14FNO4S/c17-11-4-2-1-3-10(11)13-5-6-14(23-13)15(19)18-7-8-22-12(9-18)16(20)21/h1-6,12H,7-9H2,(H,20,21)/t12-/m1/s1. The molecule has 1 fully saturated rings. The van der Waals surface area contributed by atoms with Crippen molar-refractivity contribution in [1.82, 2.24) is 4.90 Å². The minimum Gasteiger partial charge on any atom is -0.479 e. The van der Waals surface area contributed by atoms with Gasteiger partial charge in [-0.3, -0.25) is 4.79 Å². The van der Waals surface area contributed by atoms with Gasteiger partial charge in [0.25, 0.3) is 5.91 Å². The summed E-state index contributed by atoms with van der Waals surface area (Å²) in [4.78, 5) is 26.0. The molecular weight excluding hydrogens is 321 g/mol. The molecule has 3 rings (SSSR count). The van der Waals surface area contributed by atoms with E-state index >= 15 is 0 Å². The fourth-order valence-corrected chi connectivity index (χ4v) is 3.40. The van der Waals surface area contributed by atoms with Gasteiger partial charge in [0, 0.05) is 17.0 Å². The van der Waals surface area contributed by atoms with E-state index in [2.05, 4.69) is 0 Å². The molecule has 0 aliphatic carbocycles. The summed E-state index contributed by atoms with van der Waals surface area (Å²) in [7, 11) is 0. The van der Waals surface area contributed by atoms with E-state index in [-0.39, 0.29) is 24.9 Å². The average Bonchev–Trinajstić information content (AvgIpc) is 3.04. The van der Waals surface area contributed by atoms with Crippen LogP contribution in [0.1, 0.15) is 9.67 Å². The zero-order valence-electron chi connectivity index (χ0n) is 12.1. The molecular formula is C16H14FNO4S. The number of carboxylic acids is 1. The number of amides is 1. The van der Waals surface area contributed by atoms with Gasteiger partial charge in [-0.05, 0) is 18.2 Å². The van der Waals surface area contributed by atoms with Gasteiger partial charge in [-0.1, -0.05) is 18.2 Å². The first-order valence-corrected chi connectivity index (χ1v) is 7.86. The first-order chi connectivity index (χ1) is 11.1. The van der Waals surface area contributed by atoms with Crippen molar-refractivity contribution in [2.45, 2.75) is 6.10 Å². The van der Waals surface area contributed by atoms with E-state index in [4.69, 9.17) is 9.84 Å². The number of hydrogen-bond donors (Lipinski definition) is 1. The fraction of sp³-hybridized carbons (Fsp3) is 0.250. The Kier molecular flexibility index (Phi) is 4.40. The number of rotatable bonds is 3. The molecule has 120 valence electrons. The molecule has 0 bridgehead atoms. The van der Waals surface area contributed by atoms with Gasteiger partial charge in [0.05, 0.1) is 18.0 Å². The van der Waals surface area contributed by atoms with Crippen LogP contribution >= 0.6 is 11.3 Å². The van der Waals surface area contributed by atoms with Crippen molar-refractivity contribution in [3.8, 4) is 10.4 Å². The summed E-state index contributed by atoms with van der Waals surface area (Å²) in [5, 5.41) is 8.99. The summed E-state index contributed by atoms with van der Waals surface area (Å²) < 4.78 is 18.9. The fourth-order valence-electron chi connectivity index (χ4n) is 2.40. The Morgan fingerprint density at radius 1 is 1.26 bits per heavy atom. The van der Waals surface area contributed by atoms with E-state index in [0.717, 1.165) is 0 Å². The minimum atomic E-state index is -1.08. The van der Waals surface area contributed by atoms with Gasteiger partial charge in [-0.25, -0.2) is 9.18 Å². The zero-order valence-corrected chi connectivity index (χ0v) is 12.9. The first kappa shape index (κ1) is 15.6. The van der Waals surface area contributed by atoms with Crippen molar-refractivity contribution >= 4 is 23.2 Å². The molecule has 0 radical (unpaired) electrons. The molecule has 0 saturated carbocycles. The largest absolute Gasteiger partial charge is 0.479 e. The molecule has 1 amide bonds. The molecule has 5 nitrogen and oxygen atoms in total. The number of nitrogens with zero attached hydrogens (tertiary/aromatic N) is 1. The molecule has 1 aromatic heterocycles. The predicted octanol–water partition coefficient (Wildman–Crippen LogP) is 2.48. The number of halogens is 1. The lowest BCUT2D eigenvalue weighted by atomic mass is 10.2. The van der Waals surface area contributed by atoms with E-state index in [9.17, 15) is 14.0 Å². The maximum atomic E-state index is 13.8. The number of carbonyl (C=O) groups is 2. The van der Waals surface area contributed by atoms with Crippen LogP contribution in [-0.2, 0) is 9.53 Å². The quantitative estimate of drug-likeness (QED) is 0.936. The number of carboxylic acid groups (broad SMARTS) is 1. The molecule has 1 aromatic carbocycles. The Labute approximate surface area is 135 Å². The molecule has 2 aromatic rings. The second kappa shape index (κ2) is 6.47. The molecule has 7 heteroatoms. The van der Waals surface area contributed by atoms with Crippen LogP contribution in [-0.4, -0.2) is 47.7 Å². The summed E-state index contributed by atoms with van der Waals surface area (Å²) in [6.45, 7) is 0.547. The van der Waals surface area contributed by atoms with Crippen LogP contribution < -0.4 is 0 Å². The number of thiophene rings is 1. The van der Waals surface area contributed by atoms with E-state index in [1.165, 1.54) is 22.3 Å². The lowest BCUT2D eigenvalue weighted by Gasteiger charge is -2.30. The number of ether oxygens (including phenoxy) is 1. The summed E-state index contributed by atoms with van der Waals surface area (Å²) in [5.41, 5.74) is 0.446. The Bertz CT molecular complexity index is 745. The first-order valence-electron chi connectivity index (χ1n) is 7.04. The SMILES string of the molecule is O=C(O)[C@H]1CN(C(=O)c2ccc(-c3ccccc3F)s2)CCO1. The van der Waals surface area contributed by atoms with Crippen LogP contribution in [0.15, 0.2) is 36.4 Å². The Hall–Kier alpha value is -2.25. The van der Waals surface area contributed by atoms with E-state index < -0.39 is 12.1 Å². The highest BCUT2D eigenvalue weighted by Crippen LogP contribution is 2.30. The summed E-state index contributed by atoms with van der Waals surface area (Å²) >= 11 is 1.19. The van der Waals surface area contributed by atoms with Crippen LogP contribution in [0, 0.1) is 5.82 Å². The average molecular weight is 335 g/mol. The van der Waals surface area contributed by atoms with Gasteiger partial charge in [0.2, 0.25) is 0 Å². The van der Waals surface area contributed by atoms with Gasteiger partial charge in [0.1, 0.15) is 5.82 Å². The van der Waals surface area contributed by atoms with Gasteiger partial charge >= 0.3 is 5.97 Å². The normalized spacial score (nSPS) is 18.0. The zero-order chi connectivity index (χ0) is 16.4. The molecule has 0 spiro atoms. The third-order valence-corrected chi connectivity index (χ3v) is 4.69. The van der Waals surface area contributed by atoms with Gasteiger partial charge < -0.3 is 14.7 Å². The van der Waals surface area contributed by atoms with Gasteiger partial charge in [0.15, 0.2) is 6.10 Å². The summed E-state index contributed by atoms with van der Waals surface area (Å²) in [6.07, 6.45) is -1.00. The van der Waals surface area contributed by atoms with Crippen molar-refractivity contribution in [2.75, 3.05) is 19.7 Å². The smallest absolute Gasteiger partial charge is 0.334 e. The van der Waals surface area contributed by atoms with E-state index in [1.807, 2.05) is 0 Å². The monoisotopic (exact) mass is 335 g/mol. The van der Waals surface area contributed by atoms with Crippen molar-refractivity contribution in [2.24, 2.45) is 0 Å². The Morgan fingerprint density at radius 3 is 2.78 bits per heavy atom. The van der Waals surface area contributed by atoms with Gasteiger partial charge in [-0.15, -0.1) is 11.3 Å². The number of aliphatic carboxylic acids is 1. The molecule has 23 heavy (non-hydrogen) atoms. The molecule has 1 saturated heterocycles. The van der Waals surface area contributed by atoms with Crippen molar-refractivity contribution in [1.29, 1.82) is 0 Å². The molecule has 1 aliphatic heterocycles. The molecule has 1 aliphatic rings. The minimum absolute atomic E-state index is 0.0150.